The third kappa shape index (κ3) is 4.01. The van der Waals surface area contributed by atoms with Gasteiger partial charge in [-0.15, -0.1) is 0 Å². The van der Waals surface area contributed by atoms with Gasteiger partial charge in [0.05, 0.1) is 4.92 Å². The van der Waals surface area contributed by atoms with E-state index in [1.54, 1.807) is 12.1 Å². The molecule has 1 aromatic carbocycles. The fourth-order valence-electron chi connectivity index (χ4n) is 3.16. The van der Waals surface area contributed by atoms with Gasteiger partial charge in [-0.05, 0) is 50.7 Å². The average molecular weight is 328 g/mol. The molecule has 0 amide bonds. The van der Waals surface area contributed by atoms with E-state index in [0.717, 1.165) is 51.3 Å². The highest BCUT2D eigenvalue weighted by atomic mass is 16.6. The Hall–Kier alpha value is -2.18. The van der Waals surface area contributed by atoms with Crippen LogP contribution in [0.4, 0.5) is 5.69 Å². The number of hydrogen-bond donors (Lipinski definition) is 0. The molecule has 1 fully saturated rings. The van der Waals surface area contributed by atoms with Crippen LogP contribution in [0.15, 0.2) is 42.6 Å². The van der Waals surface area contributed by atoms with Gasteiger partial charge in [-0.25, -0.2) is 0 Å². The van der Waals surface area contributed by atoms with Crippen molar-refractivity contribution in [2.24, 2.45) is 0 Å². The number of non-ortho nitro benzene ring substituents is 1. The number of nitro groups is 1. The molecule has 24 heavy (non-hydrogen) atoms. The second kappa shape index (κ2) is 7.59. The Kier molecular flexibility index (Phi) is 5.27. The summed E-state index contributed by atoms with van der Waals surface area (Å²) in [6.07, 6.45) is 4.16. The van der Waals surface area contributed by atoms with Crippen molar-refractivity contribution in [3.05, 3.63) is 58.4 Å². The van der Waals surface area contributed by atoms with E-state index in [0.29, 0.717) is 0 Å². The number of nitro benzene ring substituents is 1. The molecule has 6 nitrogen and oxygen atoms in total. The minimum atomic E-state index is -0.365. The van der Waals surface area contributed by atoms with Gasteiger partial charge in [-0.3, -0.25) is 10.1 Å². The highest BCUT2D eigenvalue weighted by molar-refractivity contribution is 5.42. The van der Waals surface area contributed by atoms with Crippen LogP contribution in [-0.4, -0.2) is 59.1 Å². The molecule has 3 rings (SSSR count). The van der Waals surface area contributed by atoms with E-state index in [1.165, 1.54) is 5.69 Å². The Labute approximate surface area is 142 Å². The zero-order valence-corrected chi connectivity index (χ0v) is 14.1. The van der Waals surface area contributed by atoms with Crippen LogP contribution in [-0.2, 0) is 6.42 Å². The number of hydrogen-bond acceptors (Lipinski definition) is 4. The molecule has 2 heterocycles. The maximum Gasteiger partial charge on any atom is 0.269 e. The Bertz CT molecular complexity index is 673. The summed E-state index contributed by atoms with van der Waals surface area (Å²) in [7, 11) is 2.18. The van der Waals surface area contributed by atoms with Crippen molar-refractivity contribution < 1.29 is 4.92 Å². The van der Waals surface area contributed by atoms with Gasteiger partial charge >= 0.3 is 0 Å². The summed E-state index contributed by atoms with van der Waals surface area (Å²) in [4.78, 5) is 15.3. The summed E-state index contributed by atoms with van der Waals surface area (Å²) in [5.74, 6) is 0. The van der Waals surface area contributed by atoms with Crippen LogP contribution < -0.4 is 0 Å². The SMILES string of the molecule is CN1CCN(CCCc2cccn2-c2ccc([N+](=O)[O-])cc2)CC1. The predicted octanol–water partition coefficient (Wildman–Crippen LogP) is 2.57. The van der Waals surface area contributed by atoms with Gasteiger partial charge in [0.2, 0.25) is 0 Å². The van der Waals surface area contributed by atoms with Gasteiger partial charge in [0.1, 0.15) is 0 Å². The molecule has 1 aliphatic rings. The Morgan fingerprint density at radius 3 is 2.46 bits per heavy atom. The van der Waals surface area contributed by atoms with Crippen LogP contribution in [0.2, 0.25) is 0 Å². The summed E-state index contributed by atoms with van der Waals surface area (Å²) in [5, 5.41) is 10.8. The third-order valence-electron chi connectivity index (χ3n) is 4.68. The summed E-state index contributed by atoms with van der Waals surface area (Å²) < 4.78 is 2.12. The molecular formula is C18H24N4O2. The van der Waals surface area contributed by atoms with E-state index in [9.17, 15) is 10.1 Å². The van der Waals surface area contributed by atoms with Crippen molar-refractivity contribution in [3.8, 4) is 5.69 Å². The largest absolute Gasteiger partial charge is 0.321 e. The van der Waals surface area contributed by atoms with Crippen LogP contribution in [0.3, 0.4) is 0 Å². The lowest BCUT2D eigenvalue weighted by Gasteiger charge is -2.32. The molecule has 0 N–H and O–H groups in total. The first-order chi connectivity index (χ1) is 11.6. The number of piperazine rings is 1. The number of rotatable bonds is 6. The van der Waals surface area contributed by atoms with Crippen molar-refractivity contribution in [2.45, 2.75) is 12.8 Å². The highest BCUT2D eigenvalue weighted by Crippen LogP contribution is 2.18. The molecule has 1 aromatic heterocycles. The normalized spacial score (nSPS) is 16.4. The van der Waals surface area contributed by atoms with E-state index in [1.807, 2.05) is 24.4 Å². The van der Waals surface area contributed by atoms with E-state index >= 15 is 0 Å². The first kappa shape index (κ1) is 16.7. The fourth-order valence-corrected chi connectivity index (χ4v) is 3.16. The number of benzene rings is 1. The molecule has 128 valence electrons. The molecule has 0 bridgehead atoms. The number of aryl methyl sites for hydroxylation is 1. The van der Waals surface area contributed by atoms with Crippen LogP contribution in [0.1, 0.15) is 12.1 Å². The zero-order valence-electron chi connectivity index (χ0n) is 14.1. The summed E-state index contributed by atoms with van der Waals surface area (Å²) >= 11 is 0. The van der Waals surface area contributed by atoms with Gasteiger partial charge in [0.25, 0.3) is 5.69 Å². The number of likely N-dealkylation sites (N-methyl/N-ethyl adjacent to an activating group) is 1. The smallest absolute Gasteiger partial charge is 0.269 e. The Morgan fingerprint density at radius 1 is 1.08 bits per heavy atom. The van der Waals surface area contributed by atoms with Gasteiger partial charge < -0.3 is 14.4 Å². The van der Waals surface area contributed by atoms with Gasteiger partial charge in [0, 0.05) is 55.9 Å². The predicted molar refractivity (Wildman–Crippen MR) is 94.7 cm³/mol. The van der Waals surface area contributed by atoms with E-state index < -0.39 is 0 Å². The first-order valence-electron chi connectivity index (χ1n) is 8.45. The lowest BCUT2D eigenvalue weighted by atomic mass is 10.2. The first-order valence-corrected chi connectivity index (χ1v) is 8.45. The maximum absolute atomic E-state index is 10.8. The van der Waals surface area contributed by atoms with Gasteiger partial charge in [-0.1, -0.05) is 0 Å². The molecule has 1 saturated heterocycles. The van der Waals surface area contributed by atoms with Crippen molar-refractivity contribution in [3.63, 3.8) is 0 Å². The second-order valence-corrected chi connectivity index (χ2v) is 6.39. The van der Waals surface area contributed by atoms with Crippen molar-refractivity contribution in [1.29, 1.82) is 0 Å². The zero-order chi connectivity index (χ0) is 16.9. The molecule has 0 saturated carbocycles. The standard InChI is InChI=1S/C18H24N4O2/c1-19-12-14-20(15-13-19)10-2-4-16-5-3-11-21(16)17-6-8-18(9-7-17)22(23)24/h3,5-9,11H,2,4,10,12-15H2,1H3. The molecule has 0 atom stereocenters. The number of nitrogens with zero attached hydrogens (tertiary/aromatic N) is 4. The number of aromatic nitrogens is 1. The topological polar surface area (TPSA) is 54.5 Å². The fraction of sp³-hybridized carbons (Fsp3) is 0.444. The highest BCUT2D eigenvalue weighted by Gasteiger charge is 2.13. The van der Waals surface area contributed by atoms with Crippen LogP contribution in [0, 0.1) is 10.1 Å². The Morgan fingerprint density at radius 2 is 1.79 bits per heavy atom. The molecule has 0 aliphatic carbocycles. The summed E-state index contributed by atoms with van der Waals surface area (Å²) in [5.41, 5.74) is 2.35. The summed E-state index contributed by atoms with van der Waals surface area (Å²) in [6, 6.07) is 10.9. The van der Waals surface area contributed by atoms with E-state index in [-0.39, 0.29) is 10.6 Å². The maximum atomic E-state index is 10.8. The van der Waals surface area contributed by atoms with Crippen LogP contribution >= 0.6 is 0 Å². The molecule has 0 radical (unpaired) electrons. The quantitative estimate of drug-likeness (QED) is 0.604. The van der Waals surface area contributed by atoms with Crippen LogP contribution in [0.25, 0.3) is 5.69 Å². The van der Waals surface area contributed by atoms with Crippen molar-refractivity contribution >= 4 is 5.69 Å². The Balaban J connectivity index is 1.58. The van der Waals surface area contributed by atoms with Crippen molar-refractivity contribution in [2.75, 3.05) is 39.8 Å². The van der Waals surface area contributed by atoms with Gasteiger partial charge in [0.15, 0.2) is 0 Å². The second-order valence-electron chi connectivity index (χ2n) is 6.39. The minimum absolute atomic E-state index is 0.127. The third-order valence-corrected chi connectivity index (χ3v) is 4.68. The molecule has 6 heteroatoms. The molecule has 1 aliphatic heterocycles. The van der Waals surface area contributed by atoms with E-state index in [4.69, 9.17) is 0 Å². The monoisotopic (exact) mass is 328 g/mol. The molecule has 2 aromatic rings. The molecule has 0 unspecified atom stereocenters. The van der Waals surface area contributed by atoms with Crippen LogP contribution in [0.5, 0.6) is 0 Å². The molecular weight excluding hydrogens is 304 g/mol. The van der Waals surface area contributed by atoms with Crippen molar-refractivity contribution in [1.82, 2.24) is 14.4 Å². The lowest BCUT2D eigenvalue weighted by molar-refractivity contribution is -0.384. The van der Waals surface area contributed by atoms with E-state index in [2.05, 4.69) is 27.5 Å². The molecule has 0 spiro atoms. The minimum Gasteiger partial charge on any atom is -0.321 e. The van der Waals surface area contributed by atoms with Gasteiger partial charge in [-0.2, -0.15) is 0 Å². The lowest BCUT2D eigenvalue weighted by Crippen LogP contribution is -2.44. The summed E-state index contributed by atoms with van der Waals surface area (Å²) in [6.45, 7) is 5.73. The average Bonchev–Trinajstić information content (AvgIpc) is 3.05.